The standard InChI is InChI=1S/C14H25ClO2Si.C12H20ClNO3.C11H20O2Si.C8H10BrClO.C8H11ClO2.C6H15ClSi.C5H6O2.C4H10NO2.C4H8O.C3H6BrCl.Na/c1-14(2,3)18(4,5)16-11-13-9-8-12(17-13)7-6-10-15;13-5-1-2-11-3-4-12(17-11)10-16-9-8-15-7-6-14;1-11(2,3)14(4,5)13-9-10-7-6-8-12-10;9-6-8-4-3-7(11-8)2-1-5-10;9-5-1-2-7-3-4-8(6-10)11-7;1-6(2,3)8(4,5)7;6-4-5-2-1-3-7-5;5-1-3-7-4-2-6;1-2-4-5-3-1;4-2-1-3-5;/h8-9H,6-7,10-11H2,1-5H3;3-4H,1-2,5-10,14H2;6-8H,9H2,1-5H3;3-4H,1-2,5-6H2;3-4,10H,1-2,5-6H2;1-5H3;1-3,6H,4H2;1-5H2;1-4H2;1-3H2;/q;;;;;;;-1;;;+1. The number of hydrogen-bond acceptors (Lipinski definition) is 17. The van der Waals surface area contributed by atoms with Gasteiger partial charge in [0.1, 0.15) is 77.4 Å². The van der Waals surface area contributed by atoms with E-state index in [0.717, 1.165) is 134 Å². The van der Waals surface area contributed by atoms with E-state index in [1.807, 2.05) is 54.6 Å². The molecule has 6 N–H and O–H groups in total. The van der Waals surface area contributed by atoms with E-state index < -0.39 is 24.0 Å². The second-order valence-corrected chi connectivity index (χ2v) is 47.8. The summed E-state index contributed by atoms with van der Waals surface area (Å²) >= 11 is 40.3. The first-order chi connectivity index (χ1) is 48.7. The van der Waals surface area contributed by atoms with Gasteiger partial charge in [-0.2, -0.15) is 11.1 Å². The molecule has 600 valence electrons. The van der Waals surface area contributed by atoms with Gasteiger partial charge in [0.05, 0.1) is 57.5 Å². The summed E-state index contributed by atoms with van der Waals surface area (Å²) in [6, 6.07) is 22.9. The van der Waals surface area contributed by atoms with E-state index in [4.69, 9.17) is 145 Å². The van der Waals surface area contributed by atoms with Gasteiger partial charge in [-0.05, 0) is 159 Å². The van der Waals surface area contributed by atoms with Gasteiger partial charge in [-0.1, -0.05) is 107 Å². The number of aliphatic hydroxyl groups excluding tert-OH is 2. The normalized spacial score (nSPS) is 11.9. The Morgan fingerprint density at radius 1 is 0.452 bits per heavy atom. The molecule has 1 saturated heterocycles. The summed E-state index contributed by atoms with van der Waals surface area (Å²) in [5.74, 6) is 12.2. The number of rotatable bonds is 34. The van der Waals surface area contributed by atoms with E-state index in [2.05, 4.69) is 133 Å². The Bertz CT molecular complexity index is 2680. The van der Waals surface area contributed by atoms with E-state index in [-0.39, 0.29) is 66.1 Å². The fourth-order valence-corrected chi connectivity index (χ4v) is 9.96. The molecule has 0 aliphatic carbocycles. The van der Waals surface area contributed by atoms with Crippen LogP contribution in [0.15, 0.2) is 112 Å². The molecule has 6 aromatic heterocycles. The molecular formula is C75H131Br2Cl6N2NaO15Si3. The molecule has 7 rings (SSSR count). The van der Waals surface area contributed by atoms with Crippen molar-refractivity contribution in [2.45, 2.75) is 226 Å². The third-order valence-electron chi connectivity index (χ3n) is 15.7. The molecule has 7 heterocycles. The number of aryl methyl sites for hydroxylation is 4. The largest absolute Gasteiger partial charge is 1.00 e. The van der Waals surface area contributed by atoms with Gasteiger partial charge < -0.3 is 81.1 Å². The van der Waals surface area contributed by atoms with Crippen LogP contribution in [0.3, 0.4) is 0 Å². The number of aliphatic hydroxyl groups is 2. The molecule has 17 nitrogen and oxygen atoms in total. The van der Waals surface area contributed by atoms with Crippen LogP contribution in [0.5, 0.6) is 0 Å². The first-order valence-electron chi connectivity index (χ1n) is 35.4. The molecule has 0 saturated carbocycles. The Morgan fingerprint density at radius 2 is 0.788 bits per heavy atom. The molecule has 0 atom stereocenters. The third-order valence-corrected chi connectivity index (χ3v) is 32.4. The minimum absolute atomic E-state index is 0. The first kappa shape index (κ1) is 110. The molecule has 1 fully saturated rings. The summed E-state index contributed by atoms with van der Waals surface area (Å²) in [5, 5.41) is 29.3. The Morgan fingerprint density at radius 3 is 1.07 bits per heavy atom. The third kappa shape index (κ3) is 61.2. The van der Waals surface area contributed by atoms with Gasteiger partial charge in [0.2, 0.25) is 0 Å². The van der Waals surface area contributed by atoms with Crippen molar-refractivity contribution in [1.29, 1.82) is 0 Å². The molecule has 0 amide bonds. The van der Waals surface area contributed by atoms with Crippen LogP contribution < -0.4 is 46.1 Å². The van der Waals surface area contributed by atoms with Crippen LogP contribution in [-0.4, -0.2) is 135 Å². The predicted octanol–water partition coefficient (Wildman–Crippen LogP) is 18.1. The molecule has 104 heavy (non-hydrogen) atoms. The molecule has 0 radical (unpaired) electrons. The number of furan rings is 6. The Kier molecular flexibility index (Phi) is 72.1. The number of ether oxygens (including phenoxy) is 4. The maximum Gasteiger partial charge on any atom is 1.00 e. The van der Waals surface area contributed by atoms with Crippen LogP contribution >= 0.6 is 101 Å². The van der Waals surface area contributed by atoms with Gasteiger partial charge in [-0.25, -0.2) is 0 Å². The monoisotopic (exact) mass is 1770 g/mol. The minimum atomic E-state index is -1.68. The topological polar surface area (TPSA) is 250 Å². The average Bonchev–Trinajstić information content (AvgIpc) is 1.13. The summed E-state index contributed by atoms with van der Waals surface area (Å²) in [6.07, 6.45) is 14.2. The Balaban J connectivity index is -0.000000547. The molecule has 0 bridgehead atoms. The SMILES string of the molecule is C1CCOC1.CC(C)(C)[Si](C)(C)Cl.CC(C)(C)[Si](C)(C)OCc1ccc(CCCCl)o1.CC(C)(C)[Si](C)(C)OCc1ccco1.ClCCCBr.ClCCCc1ccc(CBr)o1.NCCOCCOCc1ccc(CCCCl)o1.NCCOCC[O-].OCc1ccc(CCCCl)o1.OCc1ccco1.[Na+]. The van der Waals surface area contributed by atoms with Crippen molar-refractivity contribution in [3.63, 3.8) is 0 Å². The Hall–Kier alpha value is -0.409. The maximum absolute atomic E-state index is 9.64. The van der Waals surface area contributed by atoms with E-state index >= 15 is 0 Å². The second-order valence-electron chi connectivity index (χ2n) is 27.7. The quantitative estimate of drug-likeness (QED) is 0.0127. The van der Waals surface area contributed by atoms with Crippen LogP contribution in [0.2, 0.25) is 54.4 Å². The predicted molar refractivity (Wildman–Crippen MR) is 443 cm³/mol. The van der Waals surface area contributed by atoms with Gasteiger partial charge in [0.25, 0.3) is 0 Å². The number of alkyl halides is 7. The van der Waals surface area contributed by atoms with Crippen LogP contribution in [0.4, 0.5) is 0 Å². The molecule has 0 unspecified atom stereocenters. The van der Waals surface area contributed by atoms with Crippen molar-refractivity contribution in [2.24, 2.45) is 11.5 Å². The molecule has 6 aromatic rings. The Labute approximate surface area is 698 Å². The minimum Gasteiger partial charge on any atom is -0.853 e. The van der Waals surface area contributed by atoms with Gasteiger partial charge in [-0.15, -0.1) is 64.6 Å². The molecule has 1 aliphatic rings. The van der Waals surface area contributed by atoms with Crippen molar-refractivity contribution in [1.82, 2.24) is 0 Å². The van der Waals surface area contributed by atoms with Crippen molar-refractivity contribution in [3.8, 4) is 0 Å². The van der Waals surface area contributed by atoms with E-state index in [0.29, 0.717) is 99.4 Å². The van der Waals surface area contributed by atoms with E-state index in [1.54, 1.807) is 24.5 Å². The zero-order chi connectivity index (χ0) is 78.5. The zero-order valence-electron chi connectivity index (χ0n) is 65.8. The molecule has 29 heteroatoms. The van der Waals surface area contributed by atoms with Gasteiger partial charge in [-0.3, -0.25) is 0 Å². The average molecular weight is 1780 g/mol. The fourth-order valence-electron chi connectivity index (χ4n) is 6.52. The van der Waals surface area contributed by atoms with Crippen molar-refractivity contribution in [2.75, 3.05) is 101 Å². The number of hydrogen-bond donors (Lipinski definition) is 4. The summed E-state index contributed by atoms with van der Waals surface area (Å²) in [5.41, 5.74) is 10.3. The zero-order valence-corrected chi connectivity index (χ0v) is 78.5. The van der Waals surface area contributed by atoms with Gasteiger partial charge >= 0.3 is 29.6 Å². The summed E-state index contributed by atoms with van der Waals surface area (Å²) < 4.78 is 64.2. The second kappa shape index (κ2) is 68.2. The van der Waals surface area contributed by atoms with Crippen LogP contribution in [0, 0.1) is 0 Å². The molecule has 1 aliphatic heterocycles. The van der Waals surface area contributed by atoms with E-state index in [9.17, 15) is 5.11 Å². The van der Waals surface area contributed by atoms with Crippen molar-refractivity contribution >= 4 is 125 Å². The molecule has 0 aromatic carbocycles. The summed E-state index contributed by atoms with van der Waals surface area (Å²) in [6.45, 7) is 40.4. The molecule has 0 spiro atoms. The fraction of sp³-hybridized carbons (Fsp3) is 0.680. The van der Waals surface area contributed by atoms with Crippen LogP contribution in [0.1, 0.15) is 165 Å². The first-order valence-corrected chi connectivity index (χ1v) is 50.2. The number of nitrogens with two attached hydrogens (primary N) is 2. The van der Waals surface area contributed by atoms with Crippen LogP contribution in [-0.2, 0) is 91.8 Å². The summed E-state index contributed by atoms with van der Waals surface area (Å²) in [4.78, 5) is 0. The van der Waals surface area contributed by atoms with E-state index in [1.165, 1.54) is 19.1 Å². The van der Waals surface area contributed by atoms with Crippen molar-refractivity contribution in [3.05, 3.63) is 143 Å². The number of halogens is 8. The smallest absolute Gasteiger partial charge is 0.853 e. The van der Waals surface area contributed by atoms with Crippen molar-refractivity contribution < 1.29 is 99.2 Å². The van der Waals surface area contributed by atoms with Crippen LogP contribution in [0.25, 0.3) is 0 Å². The maximum atomic E-state index is 9.64. The van der Waals surface area contributed by atoms with Gasteiger partial charge in [0.15, 0.2) is 24.0 Å². The summed E-state index contributed by atoms with van der Waals surface area (Å²) in [7, 11) is -4.69. The van der Waals surface area contributed by atoms with Gasteiger partial charge in [0, 0.05) is 93.3 Å². The molecular weight excluding hydrogens is 1650 g/mol.